The van der Waals surface area contributed by atoms with Gasteiger partial charge < -0.3 is 10.8 Å². The summed E-state index contributed by atoms with van der Waals surface area (Å²) in [4.78, 5) is 11.3. The molecule has 1 aliphatic carbocycles. The molecule has 6 heteroatoms. The van der Waals surface area contributed by atoms with E-state index in [9.17, 15) is 9.90 Å². The summed E-state index contributed by atoms with van der Waals surface area (Å²) in [5.74, 6) is -0.246. The first-order chi connectivity index (χ1) is 8.02. The van der Waals surface area contributed by atoms with Gasteiger partial charge in [0.05, 0.1) is 17.8 Å². The van der Waals surface area contributed by atoms with Crippen LogP contribution in [-0.4, -0.2) is 32.1 Å². The number of primary amides is 1. The highest BCUT2D eigenvalue weighted by molar-refractivity contribution is 5.92. The van der Waals surface area contributed by atoms with Crippen LogP contribution in [0.15, 0.2) is 0 Å². The molecular formula is C11H18N4O2. The van der Waals surface area contributed by atoms with Crippen molar-refractivity contribution in [1.82, 2.24) is 15.0 Å². The van der Waals surface area contributed by atoms with Gasteiger partial charge in [0.2, 0.25) is 0 Å². The number of hydrogen-bond acceptors (Lipinski definition) is 4. The molecule has 0 aromatic carbocycles. The summed E-state index contributed by atoms with van der Waals surface area (Å²) in [6.45, 7) is 3.55. The molecule has 17 heavy (non-hydrogen) atoms. The van der Waals surface area contributed by atoms with Crippen molar-refractivity contribution in [1.29, 1.82) is 0 Å². The lowest BCUT2D eigenvalue weighted by atomic mass is 9.81. The number of carbonyl (C=O) groups excluding carboxylic acids is 1. The van der Waals surface area contributed by atoms with Crippen molar-refractivity contribution in [3.05, 3.63) is 11.4 Å². The second-order valence-electron chi connectivity index (χ2n) is 4.74. The van der Waals surface area contributed by atoms with E-state index in [1.807, 2.05) is 6.92 Å². The number of carbonyl (C=O) groups is 1. The number of aliphatic hydroxyl groups is 1. The van der Waals surface area contributed by atoms with Gasteiger partial charge in [0, 0.05) is 5.92 Å². The quantitative estimate of drug-likeness (QED) is 0.802. The molecule has 0 spiro atoms. The molecule has 1 heterocycles. The maximum Gasteiger partial charge on any atom is 0.271 e. The molecule has 2 rings (SSSR count). The molecule has 2 unspecified atom stereocenters. The fraction of sp³-hybridized carbons (Fsp3) is 0.727. The fourth-order valence-electron chi connectivity index (χ4n) is 2.04. The Kier molecular flexibility index (Phi) is 3.15. The summed E-state index contributed by atoms with van der Waals surface area (Å²) in [5.41, 5.74) is 6.34. The van der Waals surface area contributed by atoms with E-state index >= 15 is 0 Å². The van der Waals surface area contributed by atoms with Crippen molar-refractivity contribution in [3.8, 4) is 0 Å². The Morgan fingerprint density at radius 3 is 2.59 bits per heavy atom. The van der Waals surface area contributed by atoms with Gasteiger partial charge in [-0.15, -0.1) is 5.10 Å². The van der Waals surface area contributed by atoms with E-state index in [1.54, 1.807) is 11.6 Å². The lowest BCUT2D eigenvalue weighted by Crippen LogP contribution is -2.26. The Morgan fingerprint density at radius 2 is 2.18 bits per heavy atom. The molecule has 0 saturated heterocycles. The molecule has 1 fully saturated rings. The van der Waals surface area contributed by atoms with E-state index in [0.29, 0.717) is 5.92 Å². The molecule has 0 aliphatic heterocycles. The third-order valence-electron chi connectivity index (χ3n) is 3.54. The fourth-order valence-corrected chi connectivity index (χ4v) is 2.04. The minimum absolute atomic E-state index is 0.203. The van der Waals surface area contributed by atoms with E-state index in [4.69, 9.17) is 5.73 Å². The highest BCUT2D eigenvalue weighted by Crippen LogP contribution is 2.38. The summed E-state index contributed by atoms with van der Waals surface area (Å²) >= 11 is 0. The van der Waals surface area contributed by atoms with Crippen molar-refractivity contribution in [2.45, 2.75) is 51.2 Å². The van der Waals surface area contributed by atoms with E-state index in [-0.39, 0.29) is 11.7 Å². The van der Waals surface area contributed by atoms with Crippen LogP contribution in [0, 0.1) is 0 Å². The normalized spacial score (nSPS) is 19.7. The maximum atomic E-state index is 11.3. The van der Waals surface area contributed by atoms with Crippen molar-refractivity contribution in [2.75, 3.05) is 0 Å². The predicted molar refractivity (Wildman–Crippen MR) is 61.5 cm³/mol. The SMILES string of the molecule is CC(O)C(C)n1nnc(C(N)=O)c1C1CCC1. The van der Waals surface area contributed by atoms with Crippen LogP contribution in [0.4, 0.5) is 0 Å². The first-order valence-corrected chi connectivity index (χ1v) is 5.95. The van der Waals surface area contributed by atoms with Gasteiger partial charge in [0.1, 0.15) is 0 Å². The van der Waals surface area contributed by atoms with Crippen LogP contribution in [0.5, 0.6) is 0 Å². The molecule has 1 aromatic rings. The molecule has 6 nitrogen and oxygen atoms in total. The van der Waals surface area contributed by atoms with Gasteiger partial charge in [-0.3, -0.25) is 4.79 Å². The first-order valence-electron chi connectivity index (χ1n) is 5.95. The number of nitrogens with zero attached hydrogens (tertiary/aromatic N) is 3. The first kappa shape index (κ1) is 12.0. The summed E-state index contributed by atoms with van der Waals surface area (Å²) in [5, 5.41) is 17.4. The second-order valence-corrected chi connectivity index (χ2v) is 4.74. The van der Waals surface area contributed by atoms with Crippen LogP contribution in [0.2, 0.25) is 0 Å². The monoisotopic (exact) mass is 238 g/mol. The summed E-state index contributed by atoms with van der Waals surface area (Å²) in [7, 11) is 0. The lowest BCUT2D eigenvalue weighted by Gasteiger charge is -2.28. The average Bonchev–Trinajstić information content (AvgIpc) is 2.58. The van der Waals surface area contributed by atoms with Gasteiger partial charge >= 0.3 is 0 Å². The van der Waals surface area contributed by atoms with Crippen molar-refractivity contribution in [2.24, 2.45) is 5.73 Å². The van der Waals surface area contributed by atoms with Gasteiger partial charge in [-0.1, -0.05) is 11.6 Å². The Balaban J connectivity index is 2.41. The molecule has 1 aromatic heterocycles. The maximum absolute atomic E-state index is 11.3. The van der Waals surface area contributed by atoms with Crippen molar-refractivity contribution >= 4 is 5.91 Å². The largest absolute Gasteiger partial charge is 0.391 e. The van der Waals surface area contributed by atoms with Gasteiger partial charge in [-0.05, 0) is 26.7 Å². The van der Waals surface area contributed by atoms with Crippen LogP contribution >= 0.6 is 0 Å². The van der Waals surface area contributed by atoms with E-state index in [2.05, 4.69) is 10.3 Å². The zero-order valence-electron chi connectivity index (χ0n) is 10.1. The topological polar surface area (TPSA) is 94.0 Å². The van der Waals surface area contributed by atoms with Gasteiger partial charge in [0.25, 0.3) is 5.91 Å². The number of aliphatic hydroxyl groups excluding tert-OH is 1. The van der Waals surface area contributed by atoms with Crippen LogP contribution in [0.3, 0.4) is 0 Å². The number of amides is 1. The van der Waals surface area contributed by atoms with Gasteiger partial charge in [-0.2, -0.15) is 0 Å². The molecule has 2 atom stereocenters. The zero-order chi connectivity index (χ0) is 12.6. The predicted octanol–water partition coefficient (Wildman–Crippen LogP) is 0.586. The van der Waals surface area contributed by atoms with Crippen LogP contribution in [-0.2, 0) is 0 Å². The summed E-state index contributed by atoms with van der Waals surface area (Å²) in [6, 6.07) is -0.203. The molecule has 0 bridgehead atoms. The Hall–Kier alpha value is -1.43. The Bertz CT molecular complexity index is 423. The van der Waals surface area contributed by atoms with Crippen LogP contribution < -0.4 is 5.73 Å². The number of nitrogens with two attached hydrogens (primary N) is 1. The smallest absolute Gasteiger partial charge is 0.271 e. The number of rotatable bonds is 4. The standard InChI is InChI=1S/C11H18N4O2/c1-6(7(2)16)15-10(8-4-3-5-8)9(11(12)17)13-14-15/h6-8,16H,3-5H2,1-2H3,(H2,12,17). The molecule has 0 radical (unpaired) electrons. The molecule has 1 saturated carbocycles. The summed E-state index contributed by atoms with van der Waals surface area (Å²) in [6.07, 6.45) is 2.66. The van der Waals surface area contributed by atoms with Crippen LogP contribution in [0.25, 0.3) is 0 Å². The van der Waals surface area contributed by atoms with E-state index < -0.39 is 12.0 Å². The van der Waals surface area contributed by atoms with E-state index in [1.165, 1.54) is 0 Å². The molecule has 94 valence electrons. The van der Waals surface area contributed by atoms with Gasteiger partial charge in [0.15, 0.2) is 5.69 Å². The van der Waals surface area contributed by atoms with Crippen molar-refractivity contribution in [3.63, 3.8) is 0 Å². The highest BCUT2D eigenvalue weighted by atomic mass is 16.3. The van der Waals surface area contributed by atoms with Crippen molar-refractivity contribution < 1.29 is 9.90 Å². The zero-order valence-corrected chi connectivity index (χ0v) is 10.1. The third-order valence-corrected chi connectivity index (χ3v) is 3.54. The van der Waals surface area contributed by atoms with E-state index in [0.717, 1.165) is 25.0 Å². The lowest BCUT2D eigenvalue weighted by molar-refractivity contribution is 0.0991. The third kappa shape index (κ3) is 2.04. The minimum atomic E-state index is -0.545. The molecular weight excluding hydrogens is 220 g/mol. The minimum Gasteiger partial charge on any atom is -0.391 e. The van der Waals surface area contributed by atoms with Gasteiger partial charge in [-0.25, -0.2) is 4.68 Å². The molecule has 3 N–H and O–H groups in total. The molecule has 1 aliphatic rings. The highest BCUT2D eigenvalue weighted by Gasteiger charge is 2.31. The number of aromatic nitrogens is 3. The Morgan fingerprint density at radius 1 is 1.53 bits per heavy atom. The average molecular weight is 238 g/mol. The van der Waals surface area contributed by atoms with Crippen LogP contribution in [0.1, 0.15) is 61.3 Å². The molecule has 1 amide bonds. The number of hydrogen-bond donors (Lipinski definition) is 2. The Labute approximate surface area is 99.8 Å². The summed E-state index contributed by atoms with van der Waals surface area (Å²) < 4.78 is 1.65. The second kappa shape index (κ2) is 4.44.